The van der Waals surface area contributed by atoms with Gasteiger partial charge in [0.25, 0.3) is 5.91 Å². The highest BCUT2D eigenvalue weighted by atomic mass is 16.5. The summed E-state index contributed by atoms with van der Waals surface area (Å²) in [4.78, 5) is 31.0. The van der Waals surface area contributed by atoms with E-state index in [2.05, 4.69) is 15.5 Å². The predicted molar refractivity (Wildman–Crippen MR) is 128 cm³/mol. The van der Waals surface area contributed by atoms with E-state index in [1.165, 1.54) is 0 Å². The Kier molecular flexibility index (Phi) is 7.97. The van der Waals surface area contributed by atoms with Crippen LogP contribution in [0.25, 0.3) is 0 Å². The second-order valence-corrected chi connectivity index (χ2v) is 8.23. The van der Waals surface area contributed by atoms with Crippen LogP contribution in [0.2, 0.25) is 0 Å². The van der Waals surface area contributed by atoms with Crippen LogP contribution in [0, 0.1) is 0 Å². The number of benzene rings is 2. The van der Waals surface area contributed by atoms with Gasteiger partial charge in [0.05, 0.1) is 19.8 Å². The maximum atomic E-state index is 12.6. The number of amides is 2. The molecule has 1 N–H and O–H groups in total. The van der Waals surface area contributed by atoms with Gasteiger partial charge in [-0.3, -0.25) is 9.59 Å². The molecule has 35 heavy (non-hydrogen) atoms. The minimum atomic E-state index is -0.214. The highest BCUT2D eigenvalue weighted by Crippen LogP contribution is 2.30. The van der Waals surface area contributed by atoms with E-state index < -0.39 is 0 Å². The molecule has 0 bridgehead atoms. The number of carbonyl (C=O) groups is 2. The fourth-order valence-corrected chi connectivity index (χ4v) is 4.03. The third-order valence-electron chi connectivity index (χ3n) is 5.78. The van der Waals surface area contributed by atoms with Crippen LogP contribution in [0.5, 0.6) is 11.5 Å². The van der Waals surface area contributed by atoms with Gasteiger partial charge in [-0.05, 0) is 50.1 Å². The molecule has 1 saturated heterocycles. The quantitative estimate of drug-likeness (QED) is 0.450. The number of rotatable bonds is 11. The molecule has 9 heteroatoms. The van der Waals surface area contributed by atoms with Gasteiger partial charge < -0.3 is 24.2 Å². The topological polar surface area (TPSA) is 107 Å². The van der Waals surface area contributed by atoms with Gasteiger partial charge >= 0.3 is 0 Å². The van der Waals surface area contributed by atoms with Crippen molar-refractivity contribution in [1.29, 1.82) is 0 Å². The van der Waals surface area contributed by atoms with Gasteiger partial charge in [0.15, 0.2) is 17.3 Å². The lowest BCUT2D eigenvalue weighted by Gasteiger charge is -2.17. The summed E-state index contributed by atoms with van der Waals surface area (Å²) >= 11 is 0. The molecule has 0 spiro atoms. The molecular weight excluding hydrogens is 448 g/mol. The summed E-state index contributed by atoms with van der Waals surface area (Å²) in [7, 11) is 0. The molecule has 1 unspecified atom stereocenters. The van der Waals surface area contributed by atoms with Crippen molar-refractivity contribution in [3.63, 3.8) is 0 Å². The Morgan fingerprint density at radius 1 is 1.11 bits per heavy atom. The number of nitrogens with one attached hydrogen (secondary N) is 1. The van der Waals surface area contributed by atoms with E-state index in [4.69, 9.17) is 14.0 Å². The Morgan fingerprint density at radius 3 is 2.66 bits per heavy atom. The molecule has 2 heterocycles. The molecule has 9 nitrogen and oxygen atoms in total. The van der Waals surface area contributed by atoms with E-state index in [0.29, 0.717) is 56.4 Å². The van der Waals surface area contributed by atoms with Crippen molar-refractivity contribution in [2.75, 3.05) is 26.3 Å². The van der Waals surface area contributed by atoms with Crippen molar-refractivity contribution in [2.45, 2.75) is 39.2 Å². The molecule has 1 aliphatic heterocycles. The fourth-order valence-electron chi connectivity index (χ4n) is 4.03. The smallest absolute Gasteiger partial charge is 0.251 e. The summed E-state index contributed by atoms with van der Waals surface area (Å²) in [5, 5.41) is 6.82. The maximum absolute atomic E-state index is 12.6. The van der Waals surface area contributed by atoms with Crippen LogP contribution in [0.1, 0.15) is 53.8 Å². The number of hydrogen-bond acceptors (Lipinski definition) is 7. The molecule has 2 aromatic carbocycles. The van der Waals surface area contributed by atoms with Crippen molar-refractivity contribution in [3.05, 3.63) is 71.4 Å². The van der Waals surface area contributed by atoms with Crippen molar-refractivity contribution < 1.29 is 23.6 Å². The van der Waals surface area contributed by atoms with Crippen molar-refractivity contribution >= 4 is 11.8 Å². The maximum Gasteiger partial charge on any atom is 0.251 e. The molecule has 1 aliphatic rings. The molecule has 4 rings (SSSR count). The van der Waals surface area contributed by atoms with Gasteiger partial charge in [-0.2, -0.15) is 4.98 Å². The largest absolute Gasteiger partial charge is 0.490 e. The van der Waals surface area contributed by atoms with Crippen molar-refractivity contribution in [3.8, 4) is 11.5 Å². The summed E-state index contributed by atoms with van der Waals surface area (Å²) in [5.74, 6) is 1.96. The Labute approximate surface area is 204 Å². The monoisotopic (exact) mass is 478 g/mol. The number of nitrogens with zero attached hydrogens (tertiary/aromatic N) is 3. The van der Waals surface area contributed by atoms with Crippen molar-refractivity contribution in [2.24, 2.45) is 0 Å². The number of ether oxygens (including phenoxy) is 2. The van der Waals surface area contributed by atoms with Gasteiger partial charge in [0.2, 0.25) is 11.8 Å². The van der Waals surface area contributed by atoms with E-state index in [1.807, 2.05) is 43.0 Å². The first kappa shape index (κ1) is 24.3. The van der Waals surface area contributed by atoms with Gasteiger partial charge in [0.1, 0.15) is 0 Å². The SMILES string of the molecule is CCOc1ccc(CCN2CC(c3noc(CNC(=O)c4ccccc4)n3)CC2=O)cc1OCC. The lowest BCUT2D eigenvalue weighted by atomic mass is 10.1. The summed E-state index contributed by atoms with van der Waals surface area (Å²) in [6.45, 7) is 6.25. The minimum Gasteiger partial charge on any atom is -0.490 e. The van der Waals surface area contributed by atoms with Gasteiger partial charge in [-0.25, -0.2) is 0 Å². The van der Waals surface area contributed by atoms with E-state index >= 15 is 0 Å². The molecule has 2 amide bonds. The number of likely N-dealkylation sites (tertiary alicyclic amines) is 1. The zero-order valence-electron chi connectivity index (χ0n) is 20.0. The minimum absolute atomic E-state index is 0.0645. The molecule has 184 valence electrons. The third kappa shape index (κ3) is 6.17. The predicted octanol–water partition coefficient (Wildman–Crippen LogP) is 3.36. The Balaban J connectivity index is 1.30. The lowest BCUT2D eigenvalue weighted by Crippen LogP contribution is -2.27. The first-order valence-electron chi connectivity index (χ1n) is 11.9. The zero-order valence-corrected chi connectivity index (χ0v) is 20.0. The second-order valence-electron chi connectivity index (χ2n) is 8.23. The Morgan fingerprint density at radius 2 is 1.89 bits per heavy atom. The van der Waals surface area contributed by atoms with E-state index in [-0.39, 0.29) is 24.3 Å². The van der Waals surface area contributed by atoms with Gasteiger partial charge in [0, 0.05) is 31.0 Å². The summed E-state index contributed by atoms with van der Waals surface area (Å²) in [5.41, 5.74) is 1.63. The van der Waals surface area contributed by atoms with Crippen LogP contribution in [-0.4, -0.2) is 53.2 Å². The number of aromatic nitrogens is 2. The van der Waals surface area contributed by atoms with Crippen LogP contribution < -0.4 is 14.8 Å². The number of hydrogen-bond donors (Lipinski definition) is 1. The third-order valence-corrected chi connectivity index (χ3v) is 5.78. The second kappa shape index (κ2) is 11.5. The first-order chi connectivity index (χ1) is 17.1. The number of carbonyl (C=O) groups excluding carboxylic acids is 2. The summed E-state index contributed by atoms with van der Waals surface area (Å²) < 4.78 is 16.6. The van der Waals surface area contributed by atoms with Crippen LogP contribution in [0.4, 0.5) is 0 Å². The van der Waals surface area contributed by atoms with Crippen LogP contribution in [-0.2, 0) is 17.8 Å². The average Bonchev–Trinajstić information content (AvgIpc) is 3.50. The molecule has 3 aromatic rings. The normalized spacial score (nSPS) is 15.3. The molecule has 1 atom stereocenters. The summed E-state index contributed by atoms with van der Waals surface area (Å²) in [6.07, 6.45) is 1.04. The Hall–Kier alpha value is -3.88. The molecule has 1 fully saturated rings. The average molecular weight is 479 g/mol. The van der Waals surface area contributed by atoms with E-state index in [1.54, 1.807) is 24.3 Å². The Bertz CT molecular complexity index is 1150. The van der Waals surface area contributed by atoms with Gasteiger partial charge in [-0.15, -0.1) is 0 Å². The fraction of sp³-hybridized carbons (Fsp3) is 0.385. The van der Waals surface area contributed by atoms with Crippen LogP contribution >= 0.6 is 0 Å². The van der Waals surface area contributed by atoms with E-state index in [0.717, 1.165) is 17.1 Å². The first-order valence-corrected chi connectivity index (χ1v) is 11.9. The van der Waals surface area contributed by atoms with Crippen LogP contribution in [0.15, 0.2) is 53.1 Å². The highest BCUT2D eigenvalue weighted by Gasteiger charge is 2.33. The lowest BCUT2D eigenvalue weighted by molar-refractivity contribution is -0.127. The van der Waals surface area contributed by atoms with Gasteiger partial charge in [-0.1, -0.05) is 29.4 Å². The molecule has 1 aromatic heterocycles. The molecular formula is C26H30N4O5. The zero-order chi connectivity index (χ0) is 24.6. The molecule has 0 aliphatic carbocycles. The molecule has 0 saturated carbocycles. The molecule has 0 radical (unpaired) electrons. The van der Waals surface area contributed by atoms with Crippen LogP contribution in [0.3, 0.4) is 0 Å². The van der Waals surface area contributed by atoms with E-state index in [9.17, 15) is 9.59 Å². The standard InChI is InChI=1S/C26H30N4O5/c1-3-33-21-11-10-18(14-22(21)34-4-2)12-13-30-17-20(15-24(30)31)25-28-23(35-29-25)16-27-26(32)19-8-6-5-7-9-19/h5-11,14,20H,3-4,12-13,15-17H2,1-2H3,(H,27,32). The van der Waals surface area contributed by atoms with Crippen molar-refractivity contribution in [1.82, 2.24) is 20.4 Å². The summed E-state index contributed by atoms with van der Waals surface area (Å²) in [6, 6.07) is 14.8. The highest BCUT2D eigenvalue weighted by molar-refractivity contribution is 5.93.